The molecular weight excluding hydrogens is 320 g/mol. The third-order valence-electron chi connectivity index (χ3n) is 5.90. The smallest absolute Gasteiger partial charge is 0.191 e. The Hall–Kier alpha value is -2.07. The van der Waals surface area contributed by atoms with Crippen LogP contribution in [0.25, 0.3) is 10.8 Å². The molecule has 1 saturated carbocycles. The van der Waals surface area contributed by atoms with Gasteiger partial charge in [-0.1, -0.05) is 49.2 Å². The minimum Gasteiger partial charge on any atom is -0.352 e. The van der Waals surface area contributed by atoms with Gasteiger partial charge in [0.2, 0.25) is 0 Å². The van der Waals surface area contributed by atoms with Crippen molar-refractivity contribution in [2.45, 2.75) is 50.7 Å². The van der Waals surface area contributed by atoms with Gasteiger partial charge in [0.05, 0.1) is 0 Å². The van der Waals surface area contributed by atoms with Crippen molar-refractivity contribution >= 4 is 16.7 Å². The number of hydrogen-bond donors (Lipinski definition) is 2. The Balaban J connectivity index is 1.30. The van der Waals surface area contributed by atoms with Crippen LogP contribution in [0.4, 0.5) is 0 Å². The highest BCUT2D eigenvalue weighted by Crippen LogP contribution is 2.26. The summed E-state index contributed by atoms with van der Waals surface area (Å²) in [4.78, 5) is 7.11. The third-order valence-corrected chi connectivity index (χ3v) is 5.90. The summed E-state index contributed by atoms with van der Waals surface area (Å²) in [5.41, 5.74) is 1.28. The van der Waals surface area contributed by atoms with Gasteiger partial charge >= 0.3 is 0 Å². The molecular formula is C22H30N4. The summed E-state index contributed by atoms with van der Waals surface area (Å²) >= 11 is 0. The molecule has 1 aliphatic carbocycles. The van der Waals surface area contributed by atoms with E-state index in [-0.39, 0.29) is 0 Å². The number of hydrogen-bond acceptors (Lipinski definition) is 2. The van der Waals surface area contributed by atoms with E-state index in [0.717, 1.165) is 25.1 Å². The summed E-state index contributed by atoms with van der Waals surface area (Å²) in [7, 11) is 1.86. The van der Waals surface area contributed by atoms with Crippen LogP contribution in [-0.2, 0) is 6.54 Å². The summed E-state index contributed by atoms with van der Waals surface area (Å²) in [6.07, 6.45) is 6.82. The highest BCUT2D eigenvalue weighted by molar-refractivity contribution is 5.83. The first kappa shape index (κ1) is 17.3. The fourth-order valence-corrected chi connectivity index (χ4v) is 4.43. The molecule has 1 heterocycles. The number of aliphatic imine (C=N–C) groups is 1. The van der Waals surface area contributed by atoms with Crippen molar-refractivity contribution < 1.29 is 0 Å². The number of rotatable bonds is 4. The Bertz CT molecular complexity index is 764. The lowest BCUT2D eigenvalue weighted by Crippen LogP contribution is -2.45. The van der Waals surface area contributed by atoms with E-state index in [2.05, 4.69) is 63.0 Å². The van der Waals surface area contributed by atoms with E-state index in [1.807, 2.05) is 7.05 Å². The van der Waals surface area contributed by atoms with Crippen molar-refractivity contribution in [3.05, 3.63) is 48.0 Å². The van der Waals surface area contributed by atoms with Crippen molar-refractivity contribution in [3.8, 4) is 0 Å². The van der Waals surface area contributed by atoms with E-state index in [4.69, 9.17) is 0 Å². The van der Waals surface area contributed by atoms with Gasteiger partial charge in [-0.3, -0.25) is 9.89 Å². The second kappa shape index (κ2) is 8.09. The average molecular weight is 351 g/mol. The van der Waals surface area contributed by atoms with Gasteiger partial charge in [0.25, 0.3) is 0 Å². The predicted octanol–water partition coefficient (Wildman–Crippen LogP) is 3.52. The molecule has 2 aliphatic rings. The number of benzene rings is 2. The van der Waals surface area contributed by atoms with Gasteiger partial charge in [0.1, 0.15) is 0 Å². The van der Waals surface area contributed by atoms with Crippen LogP contribution < -0.4 is 10.6 Å². The minimum absolute atomic E-state index is 0.512. The summed E-state index contributed by atoms with van der Waals surface area (Å²) in [6.45, 7) is 3.18. The van der Waals surface area contributed by atoms with Crippen LogP contribution in [-0.4, -0.2) is 43.1 Å². The molecule has 4 heteroatoms. The van der Waals surface area contributed by atoms with Crippen LogP contribution in [0.2, 0.25) is 0 Å². The maximum absolute atomic E-state index is 4.43. The molecule has 4 rings (SSSR count). The van der Waals surface area contributed by atoms with Crippen LogP contribution in [0.15, 0.2) is 47.5 Å². The molecule has 2 N–H and O–H groups in total. The number of fused-ring (bicyclic) bond motifs is 1. The summed E-state index contributed by atoms with van der Waals surface area (Å²) in [6, 6.07) is 16.5. The van der Waals surface area contributed by atoms with Crippen molar-refractivity contribution in [1.29, 1.82) is 0 Å². The van der Waals surface area contributed by atoms with Crippen LogP contribution in [0, 0.1) is 0 Å². The zero-order valence-electron chi connectivity index (χ0n) is 15.7. The average Bonchev–Trinajstić information content (AvgIpc) is 3.36. The largest absolute Gasteiger partial charge is 0.352 e. The molecule has 0 bridgehead atoms. The Morgan fingerprint density at radius 3 is 2.69 bits per heavy atom. The van der Waals surface area contributed by atoms with Gasteiger partial charge in [-0.15, -0.1) is 0 Å². The van der Waals surface area contributed by atoms with Crippen molar-refractivity contribution in [3.63, 3.8) is 0 Å². The molecule has 1 unspecified atom stereocenters. The van der Waals surface area contributed by atoms with E-state index >= 15 is 0 Å². The molecule has 4 nitrogen and oxygen atoms in total. The Kier molecular flexibility index (Phi) is 5.40. The Morgan fingerprint density at radius 1 is 1.08 bits per heavy atom. The highest BCUT2D eigenvalue weighted by atomic mass is 15.3. The van der Waals surface area contributed by atoms with Crippen molar-refractivity contribution in [2.24, 2.45) is 4.99 Å². The van der Waals surface area contributed by atoms with Crippen LogP contribution in [0.5, 0.6) is 0 Å². The number of guanidine groups is 1. The molecule has 0 aromatic heterocycles. The van der Waals surface area contributed by atoms with E-state index < -0.39 is 0 Å². The molecule has 2 fully saturated rings. The first-order valence-corrected chi connectivity index (χ1v) is 10.0. The maximum atomic E-state index is 4.43. The Labute approximate surface area is 156 Å². The molecule has 0 radical (unpaired) electrons. The van der Waals surface area contributed by atoms with E-state index in [0.29, 0.717) is 6.04 Å². The molecule has 1 saturated heterocycles. The van der Waals surface area contributed by atoms with Gasteiger partial charge in [0.15, 0.2) is 5.96 Å². The minimum atomic E-state index is 0.512. The molecule has 0 amide bonds. The SMILES string of the molecule is CN=C(NCc1ccc2ccccc2c1)NC1CCN(C2CCCC2)C1. The Morgan fingerprint density at radius 2 is 1.88 bits per heavy atom. The number of nitrogens with zero attached hydrogens (tertiary/aromatic N) is 2. The van der Waals surface area contributed by atoms with Gasteiger partial charge in [-0.25, -0.2) is 0 Å². The van der Waals surface area contributed by atoms with Gasteiger partial charge < -0.3 is 10.6 Å². The summed E-state index contributed by atoms with van der Waals surface area (Å²) in [5, 5.41) is 9.68. The lowest BCUT2D eigenvalue weighted by molar-refractivity contribution is 0.242. The summed E-state index contributed by atoms with van der Waals surface area (Å²) in [5.74, 6) is 0.913. The molecule has 2 aromatic carbocycles. The predicted molar refractivity (Wildman–Crippen MR) is 110 cm³/mol. The van der Waals surface area contributed by atoms with Crippen LogP contribution >= 0.6 is 0 Å². The zero-order valence-corrected chi connectivity index (χ0v) is 15.7. The van der Waals surface area contributed by atoms with E-state index in [9.17, 15) is 0 Å². The van der Waals surface area contributed by atoms with Crippen molar-refractivity contribution in [1.82, 2.24) is 15.5 Å². The monoisotopic (exact) mass is 350 g/mol. The standard InChI is InChI=1S/C22H30N4/c1-23-22(25-20-12-13-26(16-20)21-8-4-5-9-21)24-15-17-10-11-18-6-2-3-7-19(18)14-17/h2-3,6-7,10-11,14,20-21H,4-5,8-9,12-13,15-16H2,1H3,(H2,23,24,25). The highest BCUT2D eigenvalue weighted by Gasteiger charge is 2.30. The molecule has 1 atom stereocenters. The second-order valence-electron chi connectivity index (χ2n) is 7.67. The van der Waals surface area contributed by atoms with E-state index in [1.165, 1.54) is 55.0 Å². The lowest BCUT2D eigenvalue weighted by Gasteiger charge is -2.24. The molecule has 26 heavy (non-hydrogen) atoms. The first-order chi connectivity index (χ1) is 12.8. The quantitative estimate of drug-likeness (QED) is 0.655. The summed E-state index contributed by atoms with van der Waals surface area (Å²) < 4.78 is 0. The fraction of sp³-hybridized carbons (Fsp3) is 0.500. The first-order valence-electron chi connectivity index (χ1n) is 10.0. The molecule has 138 valence electrons. The third kappa shape index (κ3) is 4.01. The topological polar surface area (TPSA) is 39.7 Å². The lowest BCUT2D eigenvalue weighted by atomic mass is 10.1. The second-order valence-corrected chi connectivity index (χ2v) is 7.67. The molecule has 2 aromatic rings. The van der Waals surface area contributed by atoms with Crippen LogP contribution in [0.3, 0.4) is 0 Å². The van der Waals surface area contributed by atoms with Crippen LogP contribution in [0.1, 0.15) is 37.7 Å². The number of likely N-dealkylation sites (tertiary alicyclic amines) is 1. The van der Waals surface area contributed by atoms with E-state index in [1.54, 1.807) is 0 Å². The zero-order chi connectivity index (χ0) is 17.8. The normalized spacial score (nSPS) is 22.2. The van der Waals surface area contributed by atoms with Crippen molar-refractivity contribution in [2.75, 3.05) is 20.1 Å². The number of nitrogens with one attached hydrogen (secondary N) is 2. The molecule has 0 spiro atoms. The molecule has 1 aliphatic heterocycles. The fourth-order valence-electron chi connectivity index (χ4n) is 4.43. The van der Waals surface area contributed by atoms with Gasteiger partial charge in [-0.2, -0.15) is 0 Å². The van der Waals surface area contributed by atoms with Gasteiger partial charge in [0, 0.05) is 38.8 Å². The van der Waals surface area contributed by atoms with Gasteiger partial charge in [-0.05, 0) is 41.7 Å². The maximum Gasteiger partial charge on any atom is 0.191 e.